The summed E-state index contributed by atoms with van der Waals surface area (Å²) in [5.74, 6) is -0.455. The molecule has 0 bridgehead atoms. The third-order valence-corrected chi connectivity index (χ3v) is 6.16. The third-order valence-electron chi connectivity index (χ3n) is 4.24. The lowest BCUT2D eigenvalue weighted by atomic mass is 10.1. The third kappa shape index (κ3) is 4.04. The summed E-state index contributed by atoms with van der Waals surface area (Å²) in [5, 5.41) is 8.96. The van der Waals surface area contributed by atoms with E-state index in [4.69, 9.17) is 5.26 Å². The first-order valence-electron chi connectivity index (χ1n) is 7.96. The molecule has 0 spiro atoms. The van der Waals surface area contributed by atoms with Crippen molar-refractivity contribution < 1.29 is 12.8 Å². The molecule has 1 heterocycles. The number of piperazine rings is 1. The smallest absolute Gasteiger partial charge is 0.243 e. The number of nitriles is 1. The Morgan fingerprint density at radius 1 is 1.04 bits per heavy atom. The minimum atomic E-state index is -3.59. The van der Waals surface area contributed by atoms with Crippen LogP contribution in [0.3, 0.4) is 0 Å². The Balaban J connectivity index is 1.63. The van der Waals surface area contributed by atoms with Gasteiger partial charge in [-0.1, -0.05) is 12.1 Å². The van der Waals surface area contributed by atoms with Gasteiger partial charge in [0.05, 0.1) is 16.5 Å². The molecule has 1 aliphatic rings. The van der Waals surface area contributed by atoms with E-state index in [0.29, 0.717) is 38.3 Å². The topological polar surface area (TPSA) is 64.4 Å². The molecular formula is C18H18FN3O2S. The zero-order chi connectivity index (χ0) is 17.9. The summed E-state index contributed by atoms with van der Waals surface area (Å²) in [5.41, 5.74) is 1.66. The van der Waals surface area contributed by atoms with Gasteiger partial charge in [0.15, 0.2) is 0 Å². The van der Waals surface area contributed by atoms with E-state index in [0.717, 1.165) is 17.7 Å². The summed E-state index contributed by atoms with van der Waals surface area (Å²) in [7, 11) is -3.59. The number of benzene rings is 2. The Bertz CT molecular complexity index is 883. The molecule has 0 N–H and O–H groups in total. The second kappa shape index (κ2) is 7.31. The number of rotatable bonds is 4. The van der Waals surface area contributed by atoms with E-state index in [1.807, 2.05) is 18.2 Å². The summed E-state index contributed by atoms with van der Waals surface area (Å²) < 4.78 is 39.6. The van der Waals surface area contributed by atoms with Gasteiger partial charge >= 0.3 is 0 Å². The Hall–Kier alpha value is -2.27. The number of nitrogens with zero attached hydrogens (tertiary/aromatic N) is 3. The van der Waals surface area contributed by atoms with Crippen molar-refractivity contribution in [2.24, 2.45) is 0 Å². The van der Waals surface area contributed by atoms with Gasteiger partial charge in [-0.3, -0.25) is 4.90 Å². The van der Waals surface area contributed by atoms with Crippen LogP contribution in [0.4, 0.5) is 4.39 Å². The average molecular weight is 359 g/mol. The molecule has 0 aliphatic carbocycles. The molecule has 2 aromatic rings. The van der Waals surface area contributed by atoms with Gasteiger partial charge in [0.1, 0.15) is 5.82 Å². The Labute approximate surface area is 147 Å². The van der Waals surface area contributed by atoms with Crippen molar-refractivity contribution in [3.8, 4) is 6.07 Å². The van der Waals surface area contributed by atoms with Crippen molar-refractivity contribution in [2.45, 2.75) is 11.4 Å². The van der Waals surface area contributed by atoms with E-state index in [-0.39, 0.29) is 4.90 Å². The number of halogens is 1. The molecule has 1 aliphatic heterocycles. The molecular weight excluding hydrogens is 341 g/mol. The lowest BCUT2D eigenvalue weighted by Crippen LogP contribution is -2.48. The molecule has 0 saturated carbocycles. The highest BCUT2D eigenvalue weighted by atomic mass is 32.2. The van der Waals surface area contributed by atoms with Crippen LogP contribution < -0.4 is 0 Å². The van der Waals surface area contributed by atoms with Gasteiger partial charge in [-0.2, -0.15) is 9.57 Å². The first-order valence-corrected chi connectivity index (χ1v) is 9.40. The number of hydrogen-bond donors (Lipinski definition) is 0. The molecule has 0 radical (unpaired) electrons. The van der Waals surface area contributed by atoms with Crippen LogP contribution in [0.25, 0.3) is 0 Å². The predicted octanol–water partition coefficient (Wildman–Crippen LogP) is 2.20. The fraction of sp³-hybridized carbons (Fsp3) is 0.278. The minimum absolute atomic E-state index is 0.115. The fourth-order valence-electron chi connectivity index (χ4n) is 2.88. The Morgan fingerprint density at radius 3 is 2.36 bits per heavy atom. The summed E-state index contributed by atoms with van der Waals surface area (Å²) in [6.07, 6.45) is 0. The maximum atomic E-state index is 13.0. The van der Waals surface area contributed by atoms with Gasteiger partial charge < -0.3 is 0 Å². The Kier molecular flexibility index (Phi) is 5.13. The average Bonchev–Trinajstić information content (AvgIpc) is 2.63. The normalized spacial score (nSPS) is 16.5. The monoisotopic (exact) mass is 359 g/mol. The summed E-state index contributed by atoms with van der Waals surface area (Å²) >= 11 is 0. The van der Waals surface area contributed by atoms with E-state index in [9.17, 15) is 12.8 Å². The van der Waals surface area contributed by atoms with E-state index in [1.165, 1.54) is 16.4 Å². The number of sulfonamides is 1. The Morgan fingerprint density at radius 2 is 1.72 bits per heavy atom. The largest absolute Gasteiger partial charge is 0.296 e. The summed E-state index contributed by atoms with van der Waals surface area (Å²) in [4.78, 5) is 2.27. The highest BCUT2D eigenvalue weighted by Crippen LogP contribution is 2.19. The zero-order valence-corrected chi connectivity index (χ0v) is 14.4. The molecule has 25 heavy (non-hydrogen) atoms. The van der Waals surface area contributed by atoms with Gasteiger partial charge in [0.25, 0.3) is 0 Å². The van der Waals surface area contributed by atoms with Crippen molar-refractivity contribution in [3.63, 3.8) is 0 Å². The molecule has 5 nitrogen and oxygen atoms in total. The second-order valence-electron chi connectivity index (χ2n) is 5.95. The lowest BCUT2D eigenvalue weighted by Gasteiger charge is -2.34. The predicted molar refractivity (Wildman–Crippen MR) is 91.6 cm³/mol. The van der Waals surface area contributed by atoms with Crippen molar-refractivity contribution >= 4 is 10.0 Å². The molecule has 0 atom stereocenters. The standard InChI is InChI=1S/C18H18FN3O2S/c19-17-4-6-18(7-5-17)25(23,24)22-10-8-21(9-11-22)14-16-3-1-2-15(12-16)13-20/h1-7,12H,8-11,14H2. The van der Waals surface area contributed by atoms with E-state index >= 15 is 0 Å². The van der Waals surface area contributed by atoms with Gasteiger partial charge in [0.2, 0.25) is 10.0 Å². The van der Waals surface area contributed by atoms with Crippen molar-refractivity contribution in [2.75, 3.05) is 26.2 Å². The lowest BCUT2D eigenvalue weighted by molar-refractivity contribution is 0.181. The molecule has 2 aromatic carbocycles. The van der Waals surface area contributed by atoms with Crippen LogP contribution in [0.5, 0.6) is 0 Å². The molecule has 3 rings (SSSR count). The SMILES string of the molecule is N#Cc1cccc(CN2CCN(S(=O)(=O)c3ccc(F)cc3)CC2)c1. The summed E-state index contributed by atoms with van der Waals surface area (Å²) in [6.45, 7) is 2.67. The van der Waals surface area contributed by atoms with Gasteiger partial charge in [0, 0.05) is 32.7 Å². The van der Waals surface area contributed by atoms with Crippen LogP contribution >= 0.6 is 0 Å². The zero-order valence-electron chi connectivity index (χ0n) is 13.6. The maximum Gasteiger partial charge on any atom is 0.243 e. The van der Waals surface area contributed by atoms with Gasteiger partial charge in [-0.05, 0) is 42.0 Å². The highest BCUT2D eigenvalue weighted by molar-refractivity contribution is 7.89. The summed E-state index contributed by atoms with van der Waals surface area (Å²) in [6, 6.07) is 14.4. The van der Waals surface area contributed by atoms with Crippen LogP contribution in [-0.2, 0) is 16.6 Å². The highest BCUT2D eigenvalue weighted by Gasteiger charge is 2.28. The first kappa shape index (κ1) is 17.5. The van der Waals surface area contributed by atoms with E-state index in [1.54, 1.807) is 6.07 Å². The van der Waals surface area contributed by atoms with Crippen molar-refractivity contribution in [1.29, 1.82) is 5.26 Å². The van der Waals surface area contributed by atoms with Gasteiger partial charge in [-0.25, -0.2) is 12.8 Å². The van der Waals surface area contributed by atoms with Gasteiger partial charge in [-0.15, -0.1) is 0 Å². The molecule has 1 fully saturated rings. The quantitative estimate of drug-likeness (QED) is 0.840. The first-order chi connectivity index (χ1) is 12.0. The molecule has 7 heteroatoms. The molecule has 0 amide bonds. The van der Waals surface area contributed by atoms with E-state index in [2.05, 4.69) is 11.0 Å². The molecule has 0 unspecified atom stereocenters. The molecule has 130 valence electrons. The van der Waals surface area contributed by atoms with Crippen LogP contribution in [0.2, 0.25) is 0 Å². The minimum Gasteiger partial charge on any atom is -0.296 e. The van der Waals surface area contributed by atoms with Crippen molar-refractivity contribution in [1.82, 2.24) is 9.21 Å². The van der Waals surface area contributed by atoms with Crippen LogP contribution in [0.15, 0.2) is 53.4 Å². The van der Waals surface area contributed by atoms with Crippen molar-refractivity contribution in [3.05, 3.63) is 65.5 Å². The fourth-order valence-corrected chi connectivity index (χ4v) is 4.30. The number of hydrogen-bond acceptors (Lipinski definition) is 4. The van der Waals surface area contributed by atoms with Crippen LogP contribution in [0, 0.1) is 17.1 Å². The second-order valence-corrected chi connectivity index (χ2v) is 7.88. The van der Waals surface area contributed by atoms with E-state index < -0.39 is 15.8 Å². The maximum absolute atomic E-state index is 13.0. The van der Waals surface area contributed by atoms with Crippen LogP contribution in [0.1, 0.15) is 11.1 Å². The van der Waals surface area contributed by atoms with Crippen LogP contribution in [-0.4, -0.2) is 43.8 Å². The molecule has 1 saturated heterocycles. The molecule has 0 aromatic heterocycles.